The average Bonchev–Trinajstić information content (AvgIpc) is 2.49. The fourth-order valence-electron chi connectivity index (χ4n) is 1.25. The van der Waals surface area contributed by atoms with Gasteiger partial charge in [0.25, 0.3) is 0 Å². The predicted octanol–water partition coefficient (Wildman–Crippen LogP) is -0.762. The third-order valence-electron chi connectivity index (χ3n) is 2.01. The van der Waals surface area contributed by atoms with E-state index in [-0.39, 0.29) is 11.4 Å². The minimum Gasteiger partial charge on any atom is -0.348 e. The van der Waals surface area contributed by atoms with Crippen LogP contribution in [0.3, 0.4) is 0 Å². The number of hydrogen-bond acceptors (Lipinski definition) is 2. The van der Waals surface area contributed by atoms with E-state index in [1.54, 1.807) is 0 Å². The number of piperazine rings is 1. The molecular formula is C6H10N2O. The van der Waals surface area contributed by atoms with E-state index >= 15 is 0 Å². The summed E-state index contributed by atoms with van der Waals surface area (Å²) in [6.45, 7) is 1.47. The van der Waals surface area contributed by atoms with Crippen molar-refractivity contribution in [3.8, 4) is 0 Å². The molecule has 1 aliphatic carbocycles. The highest BCUT2D eigenvalue weighted by Gasteiger charge is 2.45. The molecule has 2 N–H and O–H groups in total. The third kappa shape index (κ3) is 0.812. The smallest absolute Gasteiger partial charge is 0.234 e. The Balaban J connectivity index is 2.04. The highest BCUT2D eigenvalue weighted by atomic mass is 16.2. The van der Waals surface area contributed by atoms with Gasteiger partial charge in [-0.3, -0.25) is 4.79 Å². The zero-order chi connectivity index (χ0) is 6.32. The van der Waals surface area contributed by atoms with E-state index in [0.29, 0.717) is 6.54 Å². The highest BCUT2D eigenvalue weighted by Crippen LogP contribution is 2.35. The van der Waals surface area contributed by atoms with Crippen LogP contribution in [0.25, 0.3) is 0 Å². The third-order valence-corrected chi connectivity index (χ3v) is 2.01. The van der Waals surface area contributed by atoms with Crippen LogP contribution in [-0.2, 0) is 4.79 Å². The topological polar surface area (TPSA) is 41.1 Å². The van der Waals surface area contributed by atoms with Gasteiger partial charge < -0.3 is 10.6 Å². The van der Waals surface area contributed by atoms with Gasteiger partial charge in [0.15, 0.2) is 0 Å². The number of amides is 1. The zero-order valence-electron chi connectivity index (χ0n) is 5.24. The van der Waals surface area contributed by atoms with Gasteiger partial charge in [-0.15, -0.1) is 0 Å². The second-order valence-electron chi connectivity index (χ2n) is 2.93. The number of hydrogen-bond donors (Lipinski definition) is 2. The van der Waals surface area contributed by atoms with Gasteiger partial charge in [0.2, 0.25) is 5.91 Å². The minimum absolute atomic E-state index is 0.152. The van der Waals surface area contributed by atoms with Crippen LogP contribution in [0, 0.1) is 0 Å². The normalized spacial score (nSPS) is 30.0. The van der Waals surface area contributed by atoms with Gasteiger partial charge >= 0.3 is 0 Å². The van der Waals surface area contributed by atoms with Crippen LogP contribution < -0.4 is 10.6 Å². The first-order chi connectivity index (χ1) is 4.31. The number of nitrogens with one attached hydrogen (secondary N) is 2. The molecule has 0 bridgehead atoms. The lowest BCUT2D eigenvalue weighted by Crippen LogP contribution is -2.53. The van der Waals surface area contributed by atoms with Gasteiger partial charge in [-0.1, -0.05) is 0 Å². The van der Waals surface area contributed by atoms with Gasteiger partial charge in [-0.05, 0) is 12.8 Å². The van der Waals surface area contributed by atoms with Gasteiger partial charge in [-0.25, -0.2) is 0 Å². The van der Waals surface area contributed by atoms with Crippen molar-refractivity contribution >= 4 is 5.91 Å². The van der Waals surface area contributed by atoms with Crippen LogP contribution >= 0.6 is 0 Å². The van der Waals surface area contributed by atoms with Crippen molar-refractivity contribution in [2.45, 2.75) is 18.4 Å². The maximum Gasteiger partial charge on any atom is 0.234 e. The SMILES string of the molecule is O=C1CNCC2(CC2)N1. The van der Waals surface area contributed by atoms with Crippen molar-refractivity contribution in [2.24, 2.45) is 0 Å². The lowest BCUT2D eigenvalue weighted by atomic mass is 10.2. The maximum absolute atomic E-state index is 10.7. The molecule has 1 amide bonds. The van der Waals surface area contributed by atoms with Crippen molar-refractivity contribution in [3.63, 3.8) is 0 Å². The average molecular weight is 126 g/mol. The van der Waals surface area contributed by atoms with Crippen LogP contribution in [0.4, 0.5) is 0 Å². The summed E-state index contributed by atoms with van der Waals surface area (Å²) >= 11 is 0. The monoisotopic (exact) mass is 126 g/mol. The van der Waals surface area contributed by atoms with Gasteiger partial charge in [-0.2, -0.15) is 0 Å². The predicted molar refractivity (Wildman–Crippen MR) is 33.0 cm³/mol. The number of carbonyl (C=O) groups excluding carboxylic acids is 1. The summed E-state index contributed by atoms with van der Waals surface area (Å²) in [7, 11) is 0. The van der Waals surface area contributed by atoms with E-state index in [2.05, 4.69) is 10.6 Å². The first-order valence-corrected chi connectivity index (χ1v) is 3.33. The molecule has 0 aromatic heterocycles. The Morgan fingerprint density at radius 3 is 2.67 bits per heavy atom. The summed E-state index contributed by atoms with van der Waals surface area (Å²) in [6, 6.07) is 0. The molecule has 1 saturated heterocycles. The summed E-state index contributed by atoms with van der Waals surface area (Å²) in [5, 5.41) is 6.04. The lowest BCUT2D eigenvalue weighted by molar-refractivity contribution is -0.122. The summed E-state index contributed by atoms with van der Waals surface area (Å²) in [6.07, 6.45) is 2.32. The van der Waals surface area contributed by atoms with Crippen LogP contribution in [-0.4, -0.2) is 24.5 Å². The molecule has 0 radical (unpaired) electrons. The first-order valence-electron chi connectivity index (χ1n) is 3.33. The molecule has 3 nitrogen and oxygen atoms in total. The molecule has 9 heavy (non-hydrogen) atoms. The summed E-state index contributed by atoms with van der Waals surface area (Å²) in [5.41, 5.74) is 0.190. The van der Waals surface area contributed by atoms with E-state index in [9.17, 15) is 4.79 Å². The molecule has 1 spiro atoms. The van der Waals surface area contributed by atoms with Crippen molar-refractivity contribution in [1.82, 2.24) is 10.6 Å². The van der Waals surface area contributed by atoms with Crippen molar-refractivity contribution < 1.29 is 4.79 Å². The molecule has 0 atom stereocenters. The quantitative estimate of drug-likeness (QED) is 0.448. The molecule has 1 saturated carbocycles. The molecule has 2 rings (SSSR count). The maximum atomic E-state index is 10.7. The van der Waals surface area contributed by atoms with E-state index in [1.165, 1.54) is 0 Å². The lowest BCUT2D eigenvalue weighted by Gasteiger charge is -2.23. The largest absolute Gasteiger partial charge is 0.348 e. The van der Waals surface area contributed by atoms with E-state index in [0.717, 1.165) is 19.4 Å². The zero-order valence-corrected chi connectivity index (χ0v) is 5.24. The molecule has 0 unspecified atom stereocenters. The van der Waals surface area contributed by atoms with Crippen molar-refractivity contribution in [2.75, 3.05) is 13.1 Å². The number of rotatable bonds is 0. The molecule has 3 heteroatoms. The Kier molecular flexibility index (Phi) is 0.858. The van der Waals surface area contributed by atoms with Crippen molar-refractivity contribution in [3.05, 3.63) is 0 Å². The summed E-state index contributed by atoms with van der Waals surface area (Å²) in [4.78, 5) is 10.7. The minimum atomic E-state index is 0.152. The Hall–Kier alpha value is -0.570. The van der Waals surface area contributed by atoms with E-state index in [1.807, 2.05) is 0 Å². The summed E-state index contributed by atoms with van der Waals surface area (Å²) < 4.78 is 0. The van der Waals surface area contributed by atoms with E-state index in [4.69, 9.17) is 0 Å². The second kappa shape index (κ2) is 1.48. The standard InChI is InChI=1S/C6H10N2O/c9-5-3-7-4-6(8-5)1-2-6/h7H,1-4H2,(H,8,9). The molecule has 2 fully saturated rings. The molecule has 0 aromatic rings. The molecule has 50 valence electrons. The fourth-order valence-corrected chi connectivity index (χ4v) is 1.25. The Morgan fingerprint density at radius 2 is 2.22 bits per heavy atom. The molecule has 0 aromatic carbocycles. The first kappa shape index (κ1) is 5.23. The van der Waals surface area contributed by atoms with Crippen molar-refractivity contribution in [1.29, 1.82) is 0 Å². The molecule has 1 aliphatic heterocycles. The van der Waals surface area contributed by atoms with Crippen LogP contribution in [0.15, 0.2) is 0 Å². The van der Waals surface area contributed by atoms with Crippen LogP contribution in [0.5, 0.6) is 0 Å². The highest BCUT2D eigenvalue weighted by molar-refractivity contribution is 5.80. The molecular weight excluding hydrogens is 116 g/mol. The summed E-state index contributed by atoms with van der Waals surface area (Å²) in [5.74, 6) is 0.152. The van der Waals surface area contributed by atoms with Gasteiger partial charge in [0, 0.05) is 6.54 Å². The Labute approximate surface area is 53.8 Å². The van der Waals surface area contributed by atoms with E-state index < -0.39 is 0 Å². The number of carbonyl (C=O) groups is 1. The van der Waals surface area contributed by atoms with Gasteiger partial charge in [0.1, 0.15) is 0 Å². The van der Waals surface area contributed by atoms with Crippen LogP contribution in [0.2, 0.25) is 0 Å². The van der Waals surface area contributed by atoms with Crippen LogP contribution in [0.1, 0.15) is 12.8 Å². The van der Waals surface area contributed by atoms with Gasteiger partial charge in [0.05, 0.1) is 12.1 Å². The molecule has 1 heterocycles. The molecule has 2 aliphatic rings. The second-order valence-corrected chi connectivity index (χ2v) is 2.93. The Morgan fingerprint density at radius 1 is 1.44 bits per heavy atom. The Bertz CT molecular complexity index is 151. The fraction of sp³-hybridized carbons (Fsp3) is 0.833.